The minimum atomic E-state index is -0.0614. The SMILES string of the molecule is CN(Cc1cccc2[nH]ccc12)C(=O)NCCc1cc2ccccc2[nH]1. The number of hydrogen-bond donors (Lipinski definition) is 3. The zero-order valence-electron chi connectivity index (χ0n) is 14.8. The number of carbonyl (C=O) groups is 1. The Hall–Kier alpha value is -3.21. The van der Waals surface area contributed by atoms with Gasteiger partial charge in [-0.3, -0.25) is 0 Å². The van der Waals surface area contributed by atoms with Crippen LogP contribution in [0.15, 0.2) is 60.8 Å². The molecule has 2 aromatic heterocycles. The van der Waals surface area contributed by atoms with Crippen molar-refractivity contribution in [1.82, 2.24) is 20.2 Å². The van der Waals surface area contributed by atoms with Crippen molar-refractivity contribution in [2.75, 3.05) is 13.6 Å². The number of nitrogens with zero attached hydrogens (tertiary/aromatic N) is 1. The number of rotatable bonds is 5. The number of nitrogens with one attached hydrogen (secondary N) is 3. The molecule has 26 heavy (non-hydrogen) atoms. The van der Waals surface area contributed by atoms with E-state index in [1.165, 1.54) is 5.39 Å². The van der Waals surface area contributed by atoms with Crippen LogP contribution in [0.3, 0.4) is 0 Å². The molecule has 0 fully saturated rings. The quantitative estimate of drug-likeness (QED) is 0.502. The molecule has 3 N–H and O–H groups in total. The van der Waals surface area contributed by atoms with Crippen molar-refractivity contribution in [1.29, 1.82) is 0 Å². The molecule has 0 atom stereocenters. The monoisotopic (exact) mass is 346 g/mol. The molecule has 0 aliphatic heterocycles. The molecule has 2 amide bonds. The van der Waals surface area contributed by atoms with Crippen LogP contribution in [0.5, 0.6) is 0 Å². The van der Waals surface area contributed by atoms with Crippen LogP contribution >= 0.6 is 0 Å². The van der Waals surface area contributed by atoms with Gasteiger partial charge in [0.1, 0.15) is 0 Å². The first-order chi connectivity index (χ1) is 12.7. The van der Waals surface area contributed by atoms with Crippen LogP contribution in [0.1, 0.15) is 11.3 Å². The van der Waals surface area contributed by atoms with Gasteiger partial charge in [0.25, 0.3) is 0 Å². The molecule has 2 heterocycles. The van der Waals surface area contributed by atoms with E-state index in [0.29, 0.717) is 13.1 Å². The van der Waals surface area contributed by atoms with Crippen LogP contribution in [-0.4, -0.2) is 34.5 Å². The van der Waals surface area contributed by atoms with Gasteiger partial charge in [0.15, 0.2) is 0 Å². The highest BCUT2D eigenvalue weighted by Crippen LogP contribution is 2.18. The summed E-state index contributed by atoms with van der Waals surface area (Å²) in [6.45, 7) is 1.18. The summed E-state index contributed by atoms with van der Waals surface area (Å²) in [5.41, 5.74) is 4.49. The average molecular weight is 346 g/mol. The van der Waals surface area contributed by atoms with Gasteiger partial charge in [-0.1, -0.05) is 30.3 Å². The van der Waals surface area contributed by atoms with E-state index >= 15 is 0 Å². The molecule has 0 unspecified atom stereocenters. The molecule has 4 aromatic rings. The standard InChI is InChI=1S/C21H22N4O/c1-25(14-16-6-4-8-20-18(16)10-12-22-20)21(26)23-11-9-17-13-15-5-2-3-7-19(15)24-17/h2-8,10,12-13,22,24H,9,11,14H2,1H3,(H,23,26). The van der Waals surface area contributed by atoms with Crippen molar-refractivity contribution < 1.29 is 4.79 Å². The minimum absolute atomic E-state index is 0.0614. The van der Waals surface area contributed by atoms with Gasteiger partial charge in [0.05, 0.1) is 0 Å². The summed E-state index contributed by atoms with van der Waals surface area (Å²) in [4.78, 5) is 20.7. The molecule has 0 saturated heterocycles. The second-order valence-electron chi connectivity index (χ2n) is 6.58. The van der Waals surface area contributed by atoms with Gasteiger partial charge in [0, 0.05) is 54.9 Å². The van der Waals surface area contributed by atoms with Crippen LogP contribution < -0.4 is 5.32 Å². The second kappa shape index (κ2) is 6.96. The topological polar surface area (TPSA) is 63.9 Å². The molecule has 0 radical (unpaired) electrons. The second-order valence-corrected chi connectivity index (χ2v) is 6.58. The highest BCUT2D eigenvalue weighted by molar-refractivity contribution is 5.83. The number of fused-ring (bicyclic) bond motifs is 2. The molecule has 0 aliphatic carbocycles. The van der Waals surface area contributed by atoms with Gasteiger partial charge in [-0.05, 0) is 35.2 Å². The number of aromatic nitrogens is 2. The molecular formula is C21H22N4O. The van der Waals surface area contributed by atoms with Crippen LogP contribution in [0.25, 0.3) is 21.8 Å². The van der Waals surface area contributed by atoms with Crippen LogP contribution in [0.4, 0.5) is 4.79 Å². The zero-order chi connectivity index (χ0) is 17.9. The van der Waals surface area contributed by atoms with Crippen molar-refractivity contribution in [3.05, 3.63) is 72.1 Å². The Labute approximate surface area is 152 Å². The van der Waals surface area contributed by atoms with E-state index < -0.39 is 0 Å². The normalized spacial score (nSPS) is 11.1. The first-order valence-electron chi connectivity index (χ1n) is 8.81. The summed E-state index contributed by atoms with van der Waals surface area (Å²) in [7, 11) is 1.82. The Morgan fingerprint density at radius 3 is 2.81 bits per heavy atom. The van der Waals surface area contributed by atoms with Crippen LogP contribution in [0, 0.1) is 0 Å². The maximum atomic E-state index is 12.4. The summed E-state index contributed by atoms with van der Waals surface area (Å²) in [5, 5.41) is 5.35. The Morgan fingerprint density at radius 2 is 1.92 bits per heavy atom. The van der Waals surface area contributed by atoms with Crippen molar-refractivity contribution >= 4 is 27.8 Å². The summed E-state index contributed by atoms with van der Waals surface area (Å²) in [6, 6.07) is 18.4. The predicted molar refractivity (Wildman–Crippen MR) is 105 cm³/mol. The van der Waals surface area contributed by atoms with Gasteiger partial charge in [-0.25, -0.2) is 4.79 Å². The number of H-pyrrole nitrogens is 2. The molecule has 0 saturated carbocycles. The Bertz CT molecular complexity index is 1010. The highest BCUT2D eigenvalue weighted by Gasteiger charge is 2.11. The number of aromatic amines is 2. The molecular weight excluding hydrogens is 324 g/mol. The van der Waals surface area contributed by atoms with Crippen molar-refractivity contribution in [2.24, 2.45) is 0 Å². The van der Waals surface area contributed by atoms with Crippen LogP contribution in [-0.2, 0) is 13.0 Å². The fraction of sp³-hybridized carbons (Fsp3) is 0.190. The fourth-order valence-electron chi connectivity index (χ4n) is 3.32. The molecule has 0 bridgehead atoms. The number of urea groups is 1. The number of benzene rings is 2. The van der Waals surface area contributed by atoms with Crippen molar-refractivity contribution in [3.63, 3.8) is 0 Å². The summed E-state index contributed by atoms with van der Waals surface area (Å²) < 4.78 is 0. The molecule has 0 spiro atoms. The number of amides is 2. The van der Waals surface area contributed by atoms with E-state index in [9.17, 15) is 4.79 Å². The number of hydrogen-bond acceptors (Lipinski definition) is 1. The van der Waals surface area contributed by atoms with Crippen molar-refractivity contribution in [3.8, 4) is 0 Å². The number of para-hydroxylation sites is 1. The van der Waals surface area contributed by atoms with Gasteiger partial charge in [-0.15, -0.1) is 0 Å². The lowest BCUT2D eigenvalue weighted by molar-refractivity contribution is 0.207. The van der Waals surface area contributed by atoms with Gasteiger partial charge >= 0.3 is 6.03 Å². The van der Waals surface area contributed by atoms with E-state index in [2.05, 4.69) is 39.6 Å². The third-order valence-electron chi connectivity index (χ3n) is 4.70. The summed E-state index contributed by atoms with van der Waals surface area (Å²) in [5.74, 6) is 0. The average Bonchev–Trinajstić information content (AvgIpc) is 3.28. The van der Waals surface area contributed by atoms with Gasteiger partial charge in [0.2, 0.25) is 0 Å². The third kappa shape index (κ3) is 3.28. The third-order valence-corrected chi connectivity index (χ3v) is 4.70. The van der Waals surface area contributed by atoms with Crippen LogP contribution in [0.2, 0.25) is 0 Å². The first kappa shape index (κ1) is 16.3. The lowest BCUT2D eigenvalue weighted by Crippen LogP contribution is -2.37. The van der Waals surface area contributed by atoms with E-state index in [0.717, 1.165) is 34.1 Å². The lowest BCUT2D eigenvalue weighted by atomic mass is 10.1. The molecule has 4 rings (SSSR count). The van der Waals surface area contributed by atoms with E-state index in [1.54, 1.807) is 4.90 Å². The summed E-state index contributed by atoms with van der Waals surface area (Å²) >= 11 is 0. The molecule has 5 heteroatoms. The molecule has 2 aromatic carbocycles. The molecule has 0 aliphatic rings. The predicted octanol–water partition coefficient (Wildman–Crippen LogP) is 4.03. The van der Waals surface area contributed by atoms with E-state index in [-0.39, 0.29) is 6.03 Å². The first-order valence-corrected chi connectivity index (χ1v) is 8.81. The Kier molecular flexibility index (Phi) is 4.35. The Morgan fingerprint density at radius 1 is 1.08 bits per heavy atom. The van der Waals surface area contributed by atoms with E-state index in [1.807, 2.05) is 43.6 Å². The minimum Gasteiger partial charge on any atom is -0.361 e. The highest BCUT2D eigenvalue weighted by atomic mass is 16.2. The molecule has 5 nitrogen and oxygen atoms in total. The van der Waals surface area contributed by atoms with Crippen molar-refractivity contribution in [2.45, 2.75) is 13.0 Å². The van der Waals surface area contributed by atoms with Gasteiger partial charge < -0.3 is 20.2 Å². The zero-order valence-corrected chi connectivity index (χ0v) is 14.8. The van der Waals surface area contributed by atoms with Gasteiger partial charge in [-0.2, -0.15) is 0 Å². The maximum absolute atomic E-state index is 12.4. The maximum Gasteiger partial charge on any atom is 0.317 e. The Balaban J connectivity index is 1.33. The smallest absolute Gasteiger partial charge is 0.317 e. The fourth-order valence-corrected chi connectivity index (χ4v) is 3.32. The number of carbonyl (C=O) groups excluding carboxylic acids is 1. The molecule has 132 valence electrons. The summed E-state index contributed by atoms with van der Waals surface area (Å²) in [6.07, 6.45) is 2.70. The van der Waals surface area contributed by atoms with E-state index in [4.69, 9.17) is 0 Å². The largest absolute Gasteiger partial charge is 0.361 e. The lowest BCUT2D eigenvalue weighted by Gasteiger charge is -2.18.